The van der Waals surface area contributed by atoms with Crippen molar-refractivity contribution in [2.24, 2.45) is 5.73 Å². The second-order valence-corrected chi connectivity index (χ2v) is 5.94. The zero-order chi connectivity index (χ0) is 15.1. The van der Waals surface area contributed by atoms with Gasteiger partial charge in [0, 0.05) is 29.8 Å². The predicted octanol–water partition coefficient (Wildman–Crippen LogP) is 3.21. The maximum absolute atomic E-state index is 12.3. The molecular weight excluding hydrogens is 264 g/mol. The minimum atomic E-state index is -0.322. The zero-order valence-corrected chi connectivity index (χ0v) is 12.9. The van der Waals surface area contributed by atoms with Crippen molar-refractivity contribution in [3.63, 3.8) is 0 Å². The first-order valence-corrected chi connectivity index (χ1v) is 7.87. The maximum atomic E-state index is 12.3. The molecule has 1 aliphatic carbocycles. The summed E-state index contributed by atoms with van der Waals surface area (Å²) in [5.74, 6) is 0.00310. The van der Waals surface area contributed by atoms with E-state index in [0.29, 0.717) is 19.6 Å². The summed E-state index contributed by atoms with van der Waals surface area (Å²) in [5.41, 5.74) is 7.86. The fraction of sp³-hybridized carbons (Fsp3) is 0.588. The predicted molar refractivity (Wildman–Crippen MR) is 85.0 cm³/mol. The average Bonchev–Trinajstić information content (AvgIpc) is 2.46. The van der Waals surface area contributed by atoms with Crippen LogP contribution in [0.3, 0.4) is 0 Å². The minimum Gasteiger partial charge on any atom is -0.377 e. The first-order valence-electron chi connectivity index (χ1n) is 7.87. The Morgan fingerprint density at radius 3 is 2.71 bits per heavy atom. The highest BCUT2D eigenvalue weighted by Gasteiger charge is 2.30. The highest BCUT2D eigenvalue weighted by atomic mass is 16.5. The Kier molecular flexibility index (Phi) is 5.76. The number of hydrogen-bond acceptors (Lipinski definition) is 3. The van der Waals surface area contributed by atoms with Crippen LogP contribution in [0.25, 0.3) is 0 Å². The summed E-state index contributed by atoms with van der Waals surface area (Å²) in [6, 6.07) is 7.76. The highest BCUT2D eigenvalue weighted by molar-refractivity contribution is 5.92. The van der Waals surface area contributed by atoms with Gasteiger partial charge in [-0.2, -0.15) is 0 Å². The maximum Gasteiger partial charge on any atom is 0.226 e. The van der Waals surface area contributed by atoms with Crippen LogP contribution in [-0.2, 0) is 16.1 Å². The summed E-state index contributed by atoms with van der Waals surface area (Å²) in [5, 5.41) is 2.99. The third-order valence-electron chi connectivity index (χ3n) is 4.12. The van der Waals surface area contributed by atoms with Crippen molar-refractivity contribution < 1.29 is 9.53 Å². The standard InChI is InChI=1S/C17H26N2O2/c1-2-21-13-14-8-4-5-9-15(14)19-16(20)12-17(18)10-6-3-7-11-17/h4-5,8-9H,2-3,6-7,10-13,18H2,1H3,(H,19,20). The molecule has 1 aromatic rings. The highest BCUT2D eigenvalue weighted by Crippen LogP contribution is 2.29. The van der Waals surface area contributed by atoms with Gasteiger partial charge in [0.05, 0.1) is 6.61 Å². The molecule has 1 aliphatic rings. The van der Waals surface area contributed by atoms with Crippen molar-refractivity contribution in [3.8, 4) is 0 Å². The number of nitrogens with two attached hydrogens (primary N) is 1. The van der Waals surface area contributed by atoms with Crippen molar-refractivity contribution in [1.29, 1.82) is 0 Å². The van der Waals surface area contributed by atoms with E-state index in [9.17, 15) is 4.79 Å². The molecule has 1 amide bonds. The third kappa shape index (κ3) is 4.83. The van der Waals surface area contributed by atoms with Gasteiger partial charge in [-0.15, -0.1) is 0 Å². The van der Waals surface area contributed by atoms with Crippen LogP contribution in [0.2, 0.25) is 0 Å². The van der Waals surface area contributed by atoms with E-state index in [1.54, 1.807) is 0 Å². The Bertz CT molecular complexity index is 468. The van der Waals surface area contributed by atoms with Crippen molar-refractivity contribution in [3.05, 3.63) is 29.8 Å². The van der Waals surface area contributed by atoms with E-state index in [-0.39, 0.29) is 11.4 Å². The second-order valence-electron chi connectivity index (χ2n) is 5.94. The van der Waals surface area contributed by atoms with E-state index in [2.05, 4.69) is 5.32 Å². The molecule has 1 fully saturated rings. The van der Waals surface area contributed by atoms with Gasteiger partial charge in [-0.3, -0.25) is 4.79 Å². The van der Waals surface area contributed by atoms with Gasteiger partial charge in [-0.25, -0.2) is 0 Å². The van der Waals surface area contributed by atoms with E-state index in [0.717, 1.165) is 36.9 Å². The molecule has 0 unspecified atom stereocenters. The number of hydrogen-bond donors (Lipinski definition) is 2. The monoisotopic (exact) mass is 290 g/mol. The van der Waals surface area contributed by atoms with E-state index in [1.807, 2.05) is 31.2 Å². The smallest absolute Gasteiger partial charge is 0.226 e. The minimum absolute atomic E-state index is 0.00310. The van der Waals surface area contributed by atoms with Crippen molar-refractivity contribution in [2.45, 2.75) is 57.6 Å². The molecule has 4 heteroatoms. The molecule has 1 saturated carbocycles. The average molecular weight is 290 g/mol. The lowest BCUT2D eigenvalue weighted by atomic mass is 9.80. The molecule has 0 bridgehead atoms. The lowest BCUT2D eigenvalue weighted by Gasteiger charge is -2.32. The third-order valence-corrected chi connectivity index (χ3v) is 4.12. The summed E-state index contributed by atoms with van der Waals surface area (Å²) in [6.45, 7) is 3.14. The fourth-order valence-electron chi connectivity index (χ4n) is 2.93. The molecule has 0 aliphatic heterocycles. The summed E-state index contributed by atoms with van der Waals surface area (Å²) in [6.07, 6.45) is 5.78. The summed E-state index contributed by atoms with van der Waals surface area (Å²) < 4.78 is 5.44. The van der Waals surface area contributed by atoms with Crippen LogP contribution in [0, 0.1) is 0 Å². The Hall–Kier alpha value is -1.39. The van der Waals surface area contributed by atoms with Crippen molar-refractivity contribution in [1.82, 2.24) is 0 Å². The summed E-state index contributed by atoms with van der Waals surface area (Å²) >= 11 is 0. The number of rotatable bonds is 6. The molecule has 0 spiro atoms. The van der Waals surface area contributed by atoms with Gasteiger partial charge in [0.15, 0.2) is 0 Å². The number of carbonyl (C=O) groups is 1. The van der Waals surface area contributed by atoms with Crippen LogP contribution in [-0.4, -0.2) is 18.1 Å². The molecular formula is C17H26N2O2. The van der Waals surface area contributed by atoms with E-state index in [4.69, 9.17) is 10.5 Å². The van der Waals surface area contributed by atoms with Crippen LogP contribution in [0.15, 0.2) is 24.3 Å². The number of anilines is 1. The van der Waals surface area contributed by atoms with Gasteiger partial charge in [-0.05, 0) is 25.8 Å². The summed E-state index contributed by atoms with van der Waals surface area (Å²) in [7, 11) is 0. The molecule has 0 atom stereocenters. The number of nitrogens with one attached hydrogen (secondary N) is 1. The van der Waals surface area contributed by atoms with Crippen LogP contribution >= 0.6 is 0 Å². The molecule has 116 valence electrons. The van der Waals surface area contributed by atoms with E-state index >= 15 is 0 Å². The van der Waals surface area contributed by atoms with Crippen LogP contribution in [0.5, 0.6) is 0 Å². The van der Waals surface area contributed by atoms with E-state index in [1.165, 1.54) is 6.42 Å². The van der Waals surface area contributed by atoms with Crippen LogP contribution in [0.4, 0.5) is 5.69 Å². The summed E-state index contributed by atoms with van der Waals surface area (Å²) in [4.78, 5) is 12.3. The first-order chi connectivity index (χ1) is 10.1. The quantitative estimate of drug-likeness (QED) is 0.845. The number of carbonyl (C=O) groups excluding carboxylic acids is 1. The lowest BCUT2D eigenvalue weighted by Crippen LogP contribution is -2.44. The Morgan fingerprint density at radius 1 is 1.29 bits per heavy atom. The van der Waals surface area contributed by atoms with Gasteiger partial charge in [0.1, 0.15) is 0 Å². The fourth-order valence-corrected chi connectivity index (χ4v) is 2.93. The van der Waals surface area contributed by atoms with Gasteiger partial charge in [0.2, 0.25) is 5.91 Å². The number of ether oxygens (including phenoxy) is 1. The number of benzene rings is 1. The Morgan fingerprint density at radius 2 is 2.00 bits per heavy atom. The second kappa shape index (κ2) is 7.57. The molecule has 0 heterocycles. The molecule has 0 aromatic heterocycles. The lowest BCUT2D eigenvalue weighted by molar-refractivity contribution is -0.117. The van der Waals surface area contributed by atoms with E-state index < -0.39 is 0 Å². The van der Waals surface area contributed by atoms with Gasteiger partial charge >= 0.3 is 0 Å². The van der Waals surface area contributed by atoms with Gasteiger partial charge < -0.3 is 15.8 Å². The van der Waals surface area contributed by atoms with Gasteiger partial charge in [0.25, 0.3) is 0 Å². The topological polar surface area (TPSA) is 64.3 Å². The Balaban J connectivity index is 1.95. The molecule has 3 N–H and O–H groups in total. The SMILES string of the molecule is CCOCc1ccccc1NC(=O)CC1(N)CCCCC1. The van der Waals surface area contributed by atoms with Crippen LogP contribution in [0.1, 0.15) is 51.0 Å². The van der Waals surface area contributed by atoms with Crippen LogP contribution < -0.4 is 11.1 Å². The Labute approximate surface area is 127 Å². The van der Waals surface area contributed by atoms with Crippen molar-refractivity contribution in [2.75, 3.05) is 11.9 Å². The molecule has 2 rings (SSSR count). The van der Waals surface area contributed by atoms with Gasteiger partial charge in [-0.1, -0.05) is 37.5 Å². The largest absolute Gasteiger partial charge is 0.377 e. The number of amides is 1. The number of para-hydroxylation sites is 1. The van der Waals surface area contributed by atoms with Crippen molar-refractivity contribution >= 4 is 11.6 Å². The molecule has 0 radical (unpaired) electrons. The first kappa shape index (κ1) is 16.0. The normalized spacial score (nSPS) is 17.4. The molecule has 4 nitrogen and oxygen atoms in total. The molecule has 0 saturated heterocycles. The molecule has 21 heavy (non-hydrogen) atoms. The molecule has 1 aromatic carbocycles. The zero-order valence-electron chi connectivity index (χ0n) is 12.9.